The predicted molar refractivity (Wildman–Crippen MR) is 92.1 cm³/mol. The second-order valence-electron chi connectivity index (χ2n) is 8.20. The number of benzene rings is 1. The van der Waals surface area contributed by atoms with Crippen LogP contribution in [0.5, 0.6) is 0 Å². The molecule has 0 radical (unpaired) electrons. The molecular weight excluding hydrogens is 284 g/mol. The summed E-state index contributed by atoms with van der Waals surface area (Å²) in [5, 5.41) is 4.40. The van der Waals surface area contributed by atoms with Gasteiger partial charge in [-0.25, -0.2) is 5.43 Å². The molecule has 23 heavy (non-hydrogen) atoms. The van der Waals surface area contributed by atoms with E-state index in [1.165, 1.54) is 24.8 Å². The maximum absolute atomic E-state index is 12.9. The Morgan fingerprint density at radius 3 is 2.09 bits per heavy atom. The Balaban J connectivity index is 1.47. The van der Waals surface area contributed by atoms with Gasteiger partial charge in [-0.05, 0) is 75.7 Å². The number of rotatable bonds is 3. The van der Waals surface area contributed by atoms with Gasteiger partial charge >= 0.3 is 0 Å². The first-order valence-electron chi connectivity index (χ1n) is 8.96. The highest BCUT2D eigenvalue weighted by molar-refractivity contribution is 5.99. The third-order valence-corrected chi connectivity index (χ3v) is 6.31. The van der Waals surface area contributed by atoms with Gasteiger partial charge in [-0.2, -0.15) is 5.10 Å². The van der Waals surface area contributed by atoms with E-state index in [1.54, 1.807) is 0 Å². The number of amides is 1. The molecule has 5 rings (SSSR count). The summed E-state index contributed by atoms with van der Waals surface area (Å²) in [5.74, 6) is 2.53. The van der Waals surface area contributed by atoms with Gasteiger partial charge in [0, 0.05) is 0 Å². The van der Waals surface area contributed by atoms with Crippen LogP contribution in [0.1, 0.15) is 56.6 Å². The minimum Gasteiger partial charge on any atom is -0.273 e. The Morgan fingerprint density at radius 1 is 1.04 bits per heavy atom. The lowest BCUT2D eigenvalue weighted by Gasteiger charge is -2.55. The standard InChI is InChI=1S/C20H26N2O/c1-13-3-5-18(6-4-13)14(2)21-22-19(23)20-10-15-7-16(11-20)9-17(8-15)12-20/h3-6,15-17H,7-12H2,1-2H3,(H,22,23)/b21-14+. The van der Waals surface area contributed by atoms with Crippen LogP contribution in [0.4, 0.5) is 0 Å². The number of nitrogens with zero attached hydrogens (tertiary/aromatic N) is 1. The molecule has 4 aliphatic rings. The van der Waals surface area contributed by atoms with Gasteiger partial charge in [0.2, 0.25) is 5.91 Å². The molecule has 3 heteroatoms. The Kier molecular flexibility index (Phi) is 3.55. The fraction of sp³-hybridized carbons (Fsp3) is 0.600. The molecule has 0 aliphatic heterocycles. The molecule has 4 fully saturated rings. The molecule has 1 amide bonds. The van der Waals surface area contributed by atoms with Gasteiger partial charge in [-0.3, -0.25) is 4.79 Å². The maximum Gasteiger partial charge on any atom is 0.246 e. The Morgan fingerprint density at radius 2 is 1.57 bits per heavy atom. The number of nitrogens with one attached hydrogen (secondary N) is 1. The van der Waals surface area contributed by atoms with Crippen molar-refractivity contribution in [3.63, 3.8) is 0 Å². The van der Waals surface area contributed by atoms with Crippen LogP contribution in [0.3, 0.4) is 0 Å². The van der Waals surface area contributed by atoms with Crippen molar-refractivity contribution in [2.45, 2.75) is 52.4 Å². The molecule has 0 spiro atoms. The molecular formula is C20H26N2O. The van der Waals surface area contributed by atoms with Crippen LogP contribution in [0.15, 0.2) is 29.4 Å². The molecule has 1 aromatic carbocycles. The van der Waals surface area contributed by atoms with E-state index in [-0.39, 0.29) is 11.3 Å². The normalized spacial score (nSPS) is 35.4. The van der Waals surface area contributed by atoms with Crippen LogP contribution in [-0.4, -0.2) is 11.6 Å². The van der Waals surface area contributed by atoms with E-state index in [4.69, 9.17) is 0 Å². The summed E-state index contributed by atoms with van der Waals surface area (Å²) < 4.78 is 0. The third-order valence-electron chi connectivity index (χ3n) is 6.31. The zero-order chi connectivity index (χ0) is 16.0. The molecule has 0 saturated heterocycles. The summed E-state index contributed by atoms with van der Waals surface area (Å²) in [4.78, 5) is 12.9. The molecule has 0 aromatic heterocycles. The van der Waals surface area contributed by atoms with E-state index in [0.29, 0.717) is 0 Å². The topological polar surface area (TPSA) is 41.5 Å². The highest BCUT2D eigenvalue weighted by atomic mass is 16.2. The summed E-state index contributed by atoms with van der Waals surface area (Å²) in [7, 11) is 0. The molecule has 0 unspecified atom stereocenters. The van der Waals surface area contributed by atoms with Crippen LogP contribution in [0.2, 0.25) is 0 Å². The fourth-order valence-electron chi connectivity index (χ4n) is 5.50. The average molecular weight is 310 g/mol. The first kappa shape index (κ1) is 14.9. The van der Waals surface area contributed by atoms with E-state index < -0.39 is 0 Å². The van der Waals surface area contributed by atoms with Gasteiger partial charge in [0.05, 0.1) is 11.1 Å². The summed E-state index contributed by atoms with van der Waals surface area (Å²) >= 11 is 0. The van der Waals surface area contributed by atoms with Crippen molar-refractivity contribution >= 4 is 11.6 Å². The predicted octanol–water partition coefficient (Wildman–Crippen LogP) is 4.05. The molecule has 3 nitrogen and oxygen atoms in total. The summed E-state index contributed by atoms with van der Waals surface area (Å²) in [6.45, 7) is 4.04. The SMILES string of the molecule is C/C(=N\NC(=O)C12CC3CC(CC(C3)C1)C2)c1ccc(C)cc1. The van der Waals surface area contributed by atoms with Crippen molar-refractivity contribution in [2.75, 3.05) is 0 Å². The molecule has 4 bridgehead atoms. The second kappa shape index (κ2) is 5.47. The third kappa shape index (κ3) is 2.71. The second-order valence-corrected chi connectivity index (χ2v) is 8.20. The van der Waals surface area contributed by atoms with E-state index in [0.717, 1.165) is 48.3 Å². The van der Waals surface area contributed by atoms with Crippen molar-refractivity contribution in [2.24, 2.45) is 28.3 Å². The number of hydrogen-bond acceptors (Lipinski definition) is 2. The minimum atomic E-state index is -0.119. The lowest BCUT2D eigenvalue weighted by Crippen LogP contribution is -2.52. The maximum atomic E-state index is 12.9. The zero-order valence-corrected chi connectivity index (χ0v) is 14.1. The van der Waals surface area contributed by atoms with Gasteiger partial charge in [-0.15, -0.1) is 0 Å². The molecule has 1 N–H and O–H groups in total. The Bertz CT molecular complexity index is 609. The Labute approximate surface area is 138 Å². The van der Waals surface area contributed by atoms with E-state index in [2.05, 4.69) is 41.7 Å². The molecule has 4 saturated carbocycles. The summed E-state index contributed by atoms with van der Waals surface area (Å²) in [6.07, 6.45) is 7.34. The molecule has 0 heterocycles. The van der Waals surface area contributed by atoms with Gasteiger partial charge < -0.3 is 0 Å². The van der Waals surface area contributed by atoms with Crippen molar-refractivity contribution in [3.8, 4) is 0 Å². The van der Waals surface area contributed by atoms with Crippen molar-refractivity contribution < 1.29 is 4.79 Å². The van der Waals surface area contributed by atoms with Gasteiger partial charge in [0.15, 0.2) is 0 Å². The van der Waals surface area contributed by atoms with Crippen molar-refractivity contribution in [1.29, 1.82) is 0 Å². The van der Waals surface area contributed by atoms with E-state index >= 15 is 0 Å². The van der Waals surface area contributed by atoms with Gasteiger partial charge in [0.1, 0.15) is 0 Å². The zero-order valence-electron chi connectivity index (χ0n) is 14.1. The van der Waals surface area contributed by atoms with Crippen LogP contribution in [0.25, 0.3) is 0 Å². The largest absolute Gasteiger partial charge is 0.273 e. The number of carbonyl (C=O) groups is 1. The first-order valence-corrected chi connectivity index (χ1v) is 8.96. The van der Waals surface area contributed by atoms with Crippen LogP contribution < -0.4 is 5.43 Å². The summed E-state index contributed by atoms with van der Waals surface area (Å²) in [6, 6.07) is 8.28. The first-order chi connectivity index (χ1) is 11.0. The van der Waals surface area contributed by atoms with Crippen LogP contribution in [-0.2, 0) is 4.79 Å². The number of hydrazone groups is 1. The van der Waals surface area contributed by atoms with Gasteiger partial charge in [-0.1, -0.05) is 29.8 Å². The van der Waals surface area contributed by atoms with Crippen LogP contribution in [0, 0.1) is 30.1 Å². The molecule has 4 aliphatic carbocycles. The lowest BCUT2D eigenvalue weighted by atomic mass is 9.49. The lowest BCUT2D eigenvalue weighted by molar-refractivity contribution is -0.146. The molecule has 1 aromatic rings. The minimum absolute atomic E-state index is 0.119. The van der Waals surface area contributed by atoms with Crippen molar-refractivity contribution in [1.82, 2.24) is 5.43 Å². The average Bonchev–Trinajstić information content (AvgIpc) is 2.51. The van der Waals surface area contributed by atoms with Crippen LogP contribution >= 0.6 is 0 Å². The van der Waals surface area contributed by atoms with E-state index in [1.807, 2.05) is 6.92 Å². The number of aryl methyl sites for hydroxylation is 1. The van der Waals surface area contributed by atoms with Gasteiger partial charge in [0.25, 0.3) is 0 Å². The molecule has 0 atom stereocenters. The van der Waals surface area contributed by atoms with Crippen molar-refractivity contribution in [3.05, 3.63) is 35.4 Å². The number of carbonyl (C=O) groups excluding carboxylic acids is 1. The quantitative estimate of drug-likeness (QED) is 0.664. The highest BCUT2D eigenvalue weighted by Gasteiger charge is 2.54. The number of hydrogen-bond donors (Lipinski definition) is 1. The van der Waals surface area contributed by atoms with E-state index in [9.17, 15) is 4.79 Å². The highest BCUT2D eigenvalue weighted by Crippen LogP contribution is 2.60. The monoisotopic (exact) mass is 310 g/mol. The summed E-state index contributed by atoms with van der Waals surface area (Å²) in [5.41, 5.74) is 5.97. The smallest absolute Gasteiger partial charge is 0.246 e. The molecule has 122 valence electrons. The Hall–Kier alpha value is -1.64. The fourth-order valence-corrected chi connectivity index (χ4v) is 5.50.